The summed E-state index contributed by atoms with van der Waals surface area (Å²) >= 11 is 6.48. The second-order valence-corrected chi connectivity index (χ2v) is 7.72. The highest BCUT2D eigenvalue weighted by atomic mass is 35.5. The molecule has 2 rings (SSSR count). The smallest absolute Gasteiger partial charge is 0.252 e. The van der Waals surface area contributed by atoms with Gasteiger partial charge in [0.2, 0.25) is 0 Å². The Hall–Kier alpha value is -1.22. The van der Waals surface area contributed by atoms with Gasteiger partial charge in [0.25, 0.3) is 10.0 Å². The number of benzene rings is 1. The zero-order valence-electron chi connectivity index (χ0n) is 11.1. The van der Waals surface area contributed by atoms with Gasteiger partial charge in [0.05, 0.1) is 13.3 Å². The van der Waals surface area contributed by atoms with E-state index in [0.29, 0.717) is 11.3 Å². The zero-order valence-corrected chi connectivity index (χ0v) is 13.5. The molecule has 0 aliphatic heterocycles. The minimum atomic E-state index is -3.78. The van der Waals surface area contributed by atoms with E-state index in [1.54, 1.807) is 6.92 Å². The molecule has 0 spiro atoms. The molecule has 21 heavy (non-hydrogen) atoms. The largest absolute Gasteiger partial charge is 0.496 e. The number of halogens is 2. The molecule has 1 heterocycles. The van der Waals surface area contributed by atoms with Crippen molar-refractivity contribution in [1.82, 2.24) is 9.71 Å². The Morgan fingerprint density at radius 3 is 2.76 bits per heavy atom. The van der Waals surface area contributed by atoms with Crippen LogP contribution in [-0.4, -0.2) is 20.5 Å². The summed E-state index contributed by atoms with van der Waals surface area (Å²) in [5.74, 6) is -0.0772. The van der Waals surface area contributed by atoms with Gasteiger partial charge in [-0.15, -0.1) is 0 Å². The summed E-state index contributed by atoms with van der Waals surface area (Å²) in [5.41, 5.74) is 0.400. The van der Waals surface area contributed by atoms with E-state index in [1.165, 1.54) is 31.5 Å². The highest BCUT2D eigenvalue weighted by Crippen LogP contribution is 2.28. The van der Waals surface area contributed by atoms with E-state index in [4.69, 9.17) is 16.3 Å². The van der Waals surface area contributed by atoms with Gasteiger partial charge in [-0.2, -0.15) is 0 Å². The van der Waals surface area contributed by atoms with Gasteiger partial charge in [0.15, 0.2) is 8.68 Å². The molecule has 0 radical (unpaired) electrons. The normalized spacial score (nSPS) is 13.1. The number of hydrogen-bond acceptors (Lipinski definition) is 5. The summed E-state index contributed by atoms with van der Waals surface area (Å²) < 4.78 is 45.4. The molecule has 114 valence electrons. The zero-order chi connectivity index (χ0) is 15.6. The molecule has 2 aromatic rings. The van der Waals surface area contributed by atoms with Gasteiger partial charge in [-0.05, 0) is 25.1 Å². The molecule has 0 bridgehead atoms. The first-order chi connectivity index (χ1) is 9.83. The standard InChI is InChI=1S/C12H12ClFN2O3S2/c1-7(9-5-8(14)3-4-10(9)19-2)16-21(17,18)11-6-15-12(13)20-11/h3-7,16H,1-2H3. The van der Waals surface area contributed by atoms with Crippen LogP contribution in [-0.2, 0) is 10.0 Å². The minimum Gasteiger partial charge on any atom is -0.496 e. The SMILES string of the molecule is COc1ccc(F)cc1C(C)NS(=O)(=O)c1cnc(Cl)s1. The first-order valence-corrected chi connectivity index (χ1v) is 8.48. The van der Waals surface area contributed by atoms with Crippen molar-refractivity contribution in [1.29, 1.82) is 0 Å². The molecule has 0 aliphatic rings. The van der Waals surface area contributed by atoms with Crippen LogP contribution < -0.4 is 9.46 Å². The van der Waals surface area contributed by atoms with Gasteiger partial charge in [-0.25, -0.2) is 22.5 Å². The van der Waals surface area contributed by atoms with Crippen LogP contribution in [0, 0.1) is 5.82 Å². The fourth-order valence-electron chi connectivity index (χ4n) is 1.76. The number of hydrogen-bond donors (Lipinski definition) is 1. The predicted molar refractivity (Wildman–Crippen MR) is 78.8 cm³/mol. The van der Waals surface area contributed by atoms with Crippen LogP contribution in [0.15, 0.2) is 28.6 Å². The Morgan fingerprint density at radius 2 is 2.19 bits per heavy atom. The first kappa shape index (κ1) is 16.2. The van der Waals surface area contributed by atoms with Crippen LogP contribution in [0.2, 0.25) is 4.47 Å². The van der Waals surface area contributed by atoms with Crippen molar-refractivity contribution >= 4 is 33.0 Å². The summed E-state index contributed by atoms with van der Waals surface area (Å²) in [7, 11) is -2.35. The summed E-state index contributed by atoms with van der Waals surface area (Å²) in [6, 6.07) is 3.23. The van der Waals surface area contributed by atoms with Crippen LogP contribution >= 0.6 is 22.9 Å². The van der Waals surface area contributed by atoms with Crippen molar-refractivity contribution in [2.75, 3.05) is 7.11 Å². The minimum absolute atomic E-state index is 0.00489. The monoisotopic (exact) mass is 350 g/mol. The molecule has 0 aliphatic carbocycles. The molecule has 1 N–H and O–H groups in total. The third kappa shape index (κ3) is 3.70. The molecule has 9 heteroatoms. The number of aromatic nitrogens is 1. The van der Waals surface area contributed by atoms with Crippen molar-refractivity contribution in [3.63, 3.8) is 0 Å². The average molecular weight is 351 g/mol. The molecule has 1 unspecified atom stereocenters. The number of nitrogens with one attached hydrogen (secondary N) is 1. The number of ether oxygens (including phenoxy) is 1. The third-order valence-electron chi connectivity index (χ3n) is 2.71. The van der Waals surface area contributed by atoms with E-state index in [2.05, 4.69) is 9.71 Å². The third-order valence-corrected chi connectivity index (χ3v) is 5.83. The van der Waals surface area contributed by atoms with E-state index in [0.717, 1.165) is 11.3 Å². The summed E-state index contributed by atoms with van der Waals surface area (Å²) in [4.78, 5) is 3.69. The Morgan fingerprint density at radius 1 is 1.48 bits per heavy atom. The number of methoxy groups -OCH3 is 1. The van der Waals surface area contributed by atoms with Crippen molar-refractivity contribution in [2.45, 2.75) is 17.2 Å². The van der Waals surface area contributed by atoms with E-state index in [9.17, 15) is 12.8 Å². The topological polar surface area (TPSA) is 68.3 Å². The average Bonchev–Trinajstić information content (AvgIpc) is 2.85. The highest BCUT2D eigenvalue weighted by Gasteiger charge is 2.23. The molecule has 5 nitrogen and oxygen atoms in total. The maximum absolute atomic E-state index is 13.3. The second-order valence-electron chi connectivity index (χ2n) is 4.16. The highest BCUT2D eigenvalue weighted by molar-refractivity contribution is 7.91. The van der Waals surface area contributed by atoms with Crippen molar-refractivity contribution in [3.8, 4) is 5.75 Å². The molecule has 0 fully saturated rings. The van der Waals surface area contributed by atoms with Gasteiger partial charge in [-0.1, -0.05) is 22.9 Å². The van der Waals surface area contributed by atoms with Gasteiger partial charge in [0.1, 0.15) is 11.6 Å². The summed E-state index contributed by atoms with van der Waals surface area (Å²) in [5, 5.41) is 0. The number of sulfonamides is 1. The molecule has 1 aromatic heterocycles. The van der Waals surface area contributed by atoms with Crippen LogP contribution in [0.4, 0.5) is 4.39 Å². The summed E-state index contributed by atoms with van der Waals surface area (Å²) in [6.45, 7) is 1.59. The number of thiazole rings is 1. The van der Waals surface area contributed by atoms with Gasteiger partial charge < -0.3 is 4.74 Å². The fraction of sp³-hybridized carbons (Fsp3) is 0.250. The maximum atomic E-state index is 13.3. The lowest BCUT2D eigenvalue weighted by molar-refractivity contribution is 0.403. The van der Waals surface area contributed by atoms with E-state index in [-0.39, 0.29) is 8.68 Å². The van der Waals surface area contributed by atoms with Crippen LogP contribution in [0.1, 0.15) is 18.5 Å². The lowest BCUT2D eigenvalue weighted by Crippen LogP contribution is -2.26. The first-order valence-electron chi connectivity index (χ1n) is 5.80. The van der Waals surface area contributed by atoms with E-state index in [1.807, 2.05) is 0 Å². The van der Waals surface area contributed by atoms with Crippen LogP contribution in [0.3, 0.4) is 0 Å². The predicted octanol–water partition coefficient (Wildman–Crippen LogP) is 2.98. The quantitative estimate of drug-likeness (QED) is 0.900. The maximum Gasteiger partial charge on any atom is 0.252 e. The Balaban J connectivity index is 2.29. The molecular formula is C12H12ClFN2O3S2. The molecule has 0 saturated carbocycles. The van der Waals surface area contributed by atoms with Crippen molar-refractivity contribution < 1.29 is 17.5 Å². The molecule has 1 atom stereocenters. The van der Waals surface area contributed by atoms with Crippen molar-refractivity contribution in [2.24, 2.45) is 0 Å². The Labute approximate surface area is 130 Å². The lowest BCUT2D eigenvalue weighted by atomic mass is 10.1. The molecule has 1 aromatic carbocycles. The van der Waals surface area contributed by atoms with Gasteiger partial charge >= 0.3 is 0 Å². The number of rotatable bonds is 5. The van der Waals surface area contributed by atoms with E-state index < -0.39 is 21.9 Å². The second kappa shape index (κ2) is 6.27. The fourth-order valence-corrected chi connectivity index (χ4v) is 4.29. The van der Waals surface area contributed by atoms with Crippen LogP contribution in [0.5, 0.6) is 5.75 Å². The van der Waals surface area contributed by atoms with Gasteiger partial charge in [0, 0.05) is 11.6 Å². The van der Waals surface area contributed by atoms with Crippen LogP contribution in [0.25, 0.3) is 0 Å². The Bertz CT molecular complexity index is 749. The molecule has 0 amide bonds. The van der Waals surface area contributed by atoms with Crippen molar-refractivity contribution in [3.05, 3.63) is 40.2 Å². The Kier molecular flexibility index (Phi) is 4.82. The molecular weight excluding hydrogens is 339 g/mol. The van der Waals surface area contributed by atoms with E-state index >= 15 is 0 Å². The summed E-state index contributed by atoms with van der Waals surface area (Å²) in [6.07, 6.45) is 1.17. The lowest BCUT2D eigenvalue weighted by Gasteiger charge is -2.16. The molecule has 0 saturated heterocycles. The van der Waals surface area contributed by atoms with Gasteiger partial charge in [-0.3, -0.25) is 0 Å². The number of nitrogens with zero attached hydrogens (tertiary/aromatic N) is 1.